The zero-order chi connectivity index (χ0) is 13.4. The van der Waals surface area contributed by atoms with Crippen molar-refractivity contribution in [2.45, 2.75) is 26.3 Å². The molecule has 18 heavy (non-hydrogen) atoms. The van der Waals surface area contributed by atoms with Gasteiger partial charge in [-0.15, -0.1) is 0 Å². The first-order chi connectivity index (χ1) is 8.65. The fourth-order valence-electron chi connectivity index (χ4n) is 1.97. The first-order valence-electron chi connectivity index (χ1n) is 6.64. The van der Waals surface area contributed by atoms with E-state index in [9.17, 15) is 9.59 Å². The van der Waals surface area contributed by atoms with E-state index < -0.39 is 0 Å². The molecular weight excluding hydrogens is 232 g/mol. The van der Waals surface area contributed by atoms with Crippen molar-refractivity contribution in [3.05, 3.63) is 0 Å². The molecular formula is C12H24N4O2. The molecule has 104 valence electrons. The van der Waals surface area contributed by atoms with Gasteiger partial charge < -0.3 is 16.0 Å². The third-order valence-corrected chi connectivity index (χ3v) is 3.10. The summed E-state index contributed by atoms with van der Waals surface area (Å²) < 4.78 is 0. The number of piperazine rings is 1. The van der Waals surface area contributed by atoms with E-state index in [4.69, 9.17) is 0 Å². The van der Waals surface area contributed by atoms with Gasteiger partial charge in [-0.1, -0.05) is 0 Å². The molecule has 1 aliphatic heterocycles. The van der Waals surface area contributed by atoms with E-state index in [0.29, 0.717) is 19.5 Å². The minimum Gasteiger partial charge on any atom is -0.356 e. The molecule has 0 spiro atoms. The molecule has 1 fully saturated rings. The highest BCUT2D eigenvalue weighted by Gasteiger charge is 2.22. The van der Waals surface area contributed by atoms with E-state index in [1.54, 1.807) is 0 Å². The number of rotatable bonds is 6. The van der Waals surface area contributed by atoms with Crippen LogP contribution >= 0.6 is 0 Å². The van der Waals surface area contributed by atoms with Crippen molar-refractivity contribution in [3.8, 4) is 0 Å². The highest BCUT2D eigenvalue weighted by Crippen LogP contribution is 2.00. The van der Waals surface area contributed by atoms with Crippen LogP contribution in [-0.2, 0) is 9.59 Å². The molecule has 2 amide bonds. The number of hydrogen-bond donors (Lipinski definition) is 3. The van der Waals surface area contributed by atoms with Crippen molar-refractivity contribution in [3.63, 3.8) is 0 Å². The molecule has 1 rings (SSSR count). The molecule has 0 radical (unpaired) electrons. The predicted octanol–water partition coefficient (Wildman–Crippen LogP) is -1.08. The van der Waals surface area contributed by atoms with Gasteiger partial charge in [-0.3, -0.25) is 14.5 Å². The summed E-state index contributed by atoms with van der Waals surface area (Å²) in [6.07, 6.45) is 0.341. The maximum Gasteiger partial charge on any atom is 0.237 e. The number of hydrogen-bond acceptors (Lipinski definition) is 4. The quantitative estimate of drug-likeness (QED) is 0.565. The predicted molar refractivity (Wildman–Crippen MR) is 70.2 cm³/mol. The van der Waals surface area contributed by atoms with Gasteiger partial charge in [0.15, 0.2) is 0 Å². The smallest absolute Gasteiger partial charge is 0.237 e. The van der Waals surface area contributed by atoms with Gasteiger partial charge in [0.25, 0.3) is 0 Å². The summed E-state index contributed by atoms with van der Waals surface area (Å²) in [5.41, 5.74) is 0. The van der Waals surface area contributed by atoms with Crippen molar-refractivity contribution in [2.75, 3.05) is 39.3 Å². The molecule has 0 saturated carbocycles. The molecule has 6 heteroatoms. The molecule has 1 saturated heterocycles. The number of nitrogens with zero attached hydrogens (tertiary/aromatic N) is 1. The van der Waals surface area contributed by atoms with E-state index in [0.717, 1.165) is 26.2 Å². The molecule has 1 atom stereocenters. The first-order valence-corrected chi connectivity index (χ1v) is 6.64. The Labute approximate surface area is 108 Å². The van der Waals surface area contributed by atoms with Gasteiger partial charge >= 0.3 is 0 Å². The van der Waals surface area contributed by atoms with Crippen LogP contribution in [0, 0.1) is 0 Å². The second-order valence-corrected chi connectivity index (χ2v) is 4.46. The van der Waals surface area contributed by atoms with Gasteiger partial charge in [-0.2, -0.15) is 0 Å². The maximum atomic E-state index is 11.9. The second-order valence-electron chi connectivity index (χ2n) is 4.46. The average molecular weight is 256 g/mol. The Kier molecular flexibility index (Phi) is 6.67. The summed E-state index contributed by atoms with van der Waals surface area (Å²) in [6.45, 7) is 8.46. The van der Waals surface area contributed by atoms with Crippen LogP contribution in [0.3, 0.4) is 0 Å². The molecule has 3 N–H and O–H groups in total. The van der Waals surface area contributed by atoms with E-state index >= 15 is 0 Å². The van der Waals surface area contributed by atoms with Gasteiger partial charge in [-0.25, -0.2) is 0 Å². The van der Waals surface area contributed by atoms with E-state index in [1.807, 2.05) is 13.8 Å². The first kappa shape index (κ1) is 14.9. The van der Waals surface area contributed by atoms with Crippen molar-refractivity contribution in [2.24, 2.45) is 0 Å². The largest absolute Gasteiger partial charge is 0.356 e. The van der Waals surface area contributed by atoms with Crippen LogP contribution in [0.1, 0.15) is 20.3 Å². The average Bonchev–Trinajstić information content (AvgIpc) is 2.39. The Bertz CT molecular complexity index is 277. The molecule has 0 aromatic heterocycles. The lowest BCUT2D eigenvalue weighted by Crippen LogP contribution is -2.52. The molecule has 0 aliphatic carbocycles. The van der Waals surface area contributed by atoms with E-state index in [1.165, 1.54) is 0 Å². The number of carbonyl (C=O) groups is 2. The lowest BCUT2D eigenvalue weighted by Gasteiger charge is -2.31. The fraction of sp³-hybridized carbons (Fsp3) is 0.833. The standard InChI is InChI=1S/C12H24N4O2/c1-3-14-11(17)4-5-15-12(18)10(2)16-8-6-13-7-9-16/h10,13H,3-9H2,1-2H3,(H,14,17)(H,15,18). The lowest BCUT2D eigenvalue weighted by atomic mass is 10.2. The molecule has 1 aliphatic rings. The Balaban J connectivity index is 2.20. The molecule has 1 unspecified atom stereocenters. The third kappa shape index (κ3) is 5.01. The van der Waals surface area contributed by atoms with Gasteiger partial charge in [0, 0.05) is 45.7 Å². The number of nitrogens with one attached hydrogen (secondary N) is 3. The summed E-state index contributed by atoms with van der Waals surface area (Å²) in [5.74, 6) is -0.0196. The topological polar surface area (TPSA) is 73.5 Å². The van der Waals surface area contributed by atoms with E-state index in [2.05, 4.69) is 20.9 Å². The summed E-state index contributed by atoms with van der Waals surface area (Å²) >= 11 is 0. The summed E-state index contributed by atoms with van der Waals surface area (Å²) in [5, 5.41) is 8.76. The van der Waals surface area contributed by atoms with Crippen molar-refractivity contribution < 1.29 is 9.59 Å². The van der Waals surface area contributed by atoms with Gasteiger partial charge in [0.05, 0.1) is 6.04 Å². The SMILES string of the molecule is CCNC(=O)CCNC(=O)C(C)N1CCNCC1. The van der Waals surface area contributed by atoms with Crippen LogP contribution < -0.4 is 16.0 Å². The normalized spacial score (nSPS) is 18.1. The highest BCUT2D eigenvalue weighted by molar-refractivity contribution is 5.82. The van der Waals surface area contributed by atoms with Gasteiger partial charge in [0.1, 0.15) is 0 Å². The molecule has 1 heterocycles. The van der Waals surface area contributed by atoms with Crippen LogP contribution in [-0.4, -0.2) is 62.0 Å². The maximum absolute atomic E-state index is 11.9. The summed E-state index contributed by atoms with van der Waals surface area (Å²) in [4.78, 5) is 25.2. The fourth-order valence-corrected chi connectivity index (χ4v) is 1.97. The molecule has 6 nitrogen and oxygen atoms in total. The van der Waals surface area contributed by atoms with Crippen molar-refractivity contribution in [1.29, 1.82) is 0 Å². The minimum atomic E-state index is -0.124. The lowest BCUT2D eigenvalue weighted by molar-refractivity contribution is -0.126. The zero-order valence-electron chi connectivity index (χ0n) is 11.3. The van der Waals surface area contributed by atoms with Crippen molar-refractivity contribution >= 4 is 11.8 Å². The van der Waals surface area contributed by atoms with E-state index in [-0.39, 0.29) is 17.9 Å². The number of amides is 2. The van der Waals surface area contributed by atoms with Gasteiger partial charge in [-0.05, 0) is 13.8 Å². The van der Waals surface area contributed by atoms with Crippen LogP contribution in [0.4, 0.5) is 0 Å². The van der Waals surface area contributed by atoms with Crippen LogP contribution in [0.15, 0.2) is 0 Å². The Morgan fingerprint density at radius 3 is 2.56 bits per heavy atom. The Morgan fingerprint density at radius 2 is 1.94 bits per heavy atom. The zero-order valence-corrected chi connectivity index (χ0v) is 11.3. The summed E-state index contributed by atoms with van der Waals surface area (Å²) in [6, 6.07) is -0.124. The third-order valence-electron chi connectivity index (χ3n) is 3.10. The monoisotopic (exact) mass is 256 g/mol. The van der Waals surface area contributed by atoms with Crippen LogP contribution in [0.5, 0.6) is 0 Å². The molecule has 0 aromatic rings. The van der Waals surface area contributed by atoms with Crippen LogP contribution in [0.25, 0.3) is 0 Å². The second kappa shape index (κ2) is 8.05. The van der Waals surface area contributed by atoms with Gasteiger partial charge in [0.2, 0.25) is 11.8 Å². The molecule has 0 aromatic carbocycles. The Hall–Kier alpha value is -1.14. The summed E-state index contributed by atoms with van der Waals surface area (Å²) in [7, 11) is 0. The highest BCUT2D eigenvalue weighted by atomic mass is 16.2. The van der Waals surface area contributed by atoms with Crippen LogP contribution in [0.2, 0.25) is 0 Å². The minimum absolute atomic E-state index is 0.00111. The number of carbonyl (C=O) groups excluding carboxylic acids is 2. The Morgan fingerprint density at radius 1 is 1.28 bits per heavy atom. The van der Waals surface area contributed by atoms with Crippen molar-refractivity contribution in [1.82, 2.24) is 20.9 Å². The molecule has 0 bridgehead atoms.